The van der Waals surface area contributed by atoms with E-state index in [1.165, 1.54) is 0 Å². The molecule has 0 radical (unpaired) electrons. The number of hydrogen-bond acceptors (Lipinski definition) is 4. The van der Waals surface area contributed by atoms with Crippen LogP contribution in [0.5, 0.6) is 0 Å². The van der Waals surface area contributed by atoms with Gasteiger partial charge in [0.05, 0.1) is 17.0 Å². The third kappa shape index (κ3) is 2.55. The molecule has 0 aliphatic carbocycles. The molecule has 0 aromatic heterocycles. The molecule has 0 saturated heterocycles. The van der Waals surface area contributed by atoms with Crippen LogP contribution in [0.25, 0.3) is 6.08 Å². The second kappa shape index (κ2) is 5.24. The van der Waals surface area contributed by atoms with Gasteiger partial charge in [-0.2, -0.15) is 5.10 Å². The molecule has 2 amide bonds. The molecule has 0 saturated carbocycles. The van der Waals surface area contributed by atoms with E-state index in [0.717, 1.165) is 11.3 Å². The Labute approximate surface area is 121 Å². The summed E-state index contributed by atoms with van der Waals surface area (Å²) in [6.07, 6.45) is 4.27. The van der Waals surface area contributed by atoms with Crippen LogP contribution < -0.4 is 16.5 Å². The molecule has 1 aromatic carbocycles. The van der Waals surface area contributed by atoms with E-state index in [0.29, 0.717) is 23.4 Å². The Morgan fingerprint density at radius 1 is 1.24 bits per heavy atom. The fourth-order valence-electron chi connectivity index (χ4n) is 2.32. The molecule has 4 N–H and O–H groups in total. The topological polar surface area (TPSA) is 96.6 Å². The number of amides is 2. The Bertz CT molecular complexity index is 716. The number of para-hydroxylation sites is 1. The molecule has 0 atom stereocenters. The number of carbonyl (C=O) groups excluding carboxylic acids is 2. The number of nitrogens with one attached hydrogen (secondary N) is 2. The maximum absolute atomic E-state index is 12.0. The van der Waals surface area contributed by atoms with Crippen LogP contribution in [-0.4, -0.2) is 17.5 Å². The Hall–Kier alpha value is -2.89. The first kappa shape index (κ1) is 13.1. The minimum atomic E-state index is -0.418. The Balaban J connectivity index is 1.92. The summed E-state index contributed by atoms with van der Waals surface area (Å²) in [4.78, 5) is 22.9. The highest BCUT2D eigenvalue weighted by Gasteiger charge is 2.27. The third-order valence-electron chi connectivity index (χ3n) is 3.35. The Kier molecular flexibility index (Phi) is 3.27. The zero-order valence-electron chi connectivity index (χ0n) is 11.2. The average molecular weight is 282 g/mol. The molecule has 2 heterocycles. The van der Waals surface area contributed by atoms with Crippen LogP contribution in [0.2, 0.25) is 0 Å². The van der Waals surface area contributed by atoms with Crippen molar-refractivity contribution in [1.82, 2.24) is 5.43 Å². The molecule has 106 valence electrons. The minimum absolute atomic E-state index is 0.158. The van der Waals surface area contributed by atoms with Gasteiger partial charge in [0.2, 0.25) is 5.91 Å². The molecule has 0 unspecified atom stereocenters. The number of allylic oxidation sites excluding steroid dienone is 1. The van der Waals surface area contributed by atoms with Gasteiger partial charge in [0, 0.05) is 18.5 Å². The summed E-state index contributed by atoms with van der Waals surface area (Å²) in [5.41, 5.74) is 11.2. The molecule has 6 heteroatoms. The van der Waals surface area contributed by atoms with Crippen LogP contribution in [0.4, 0.5) is 5.69 Å². The van der Waals surface area contributed by atoms with Gasteiger partial charge in [-0.25, -0.2) is 5.43 Å². The highest BCUT2D eigenvalue weighted by Crippen LogP contribution is 2.27. The minimum Gasteiger partial charge on any atom is -0.370 e. The van der Waals surface area contributed by atoms with Crippen molar-refractivity contribution in [3.05, 3.63) is 47.2 Å². The summed E-state index contributed by atoms with van der Waals surface area (Å²) in [6.45, 7) is 0. The number of fused-ring (bicyclic) bond motifs is 1. The SMILES string of the molecule is NC(=O)CCC1=NNC(=O)/C1=C1/C=Cc2ccccc2N1. The van der Waals surface area contributed by atoms with E-state index in [9.17, 15) is 9.59 Å². The number of nitrogens with two attached hydrogens (primary N) is 1. The fourth-order valence-corrected chi connectivity index (χ4v) is 2.32. The van der Waals surface area contributed by atoms with Crippen molar-refractivity contribution in [3.63, 3.8) is 0 Å². The van der Waals surface area contributed by atoms with E-state index in [-0.39, 0.29) is 12.3 Å². The first-order chi connectivity index (χ1) is 10.1. The number of nitrogens with zero attached hydrogens (tertiary/aromatic N) is 1. The zero-order valence-corrected chi connectivity index (χ0v) is 11.2. The van der Waals surface area contributed by atoms with Crippen molar-refractivity contribution in [1.29, 1.82) is 0 Å². The monoisotopic (exact) mass is 282 g/mol. The van der Waals surface area contributed by atoms with Crippen LogP contribution in [-0.2, 0) is 9.59 Å². The molecule has 2 aliphatic heterocycles. The predicted molar refractivity (Wildman–Crippen MR) is 80.1 cm³/mol. The van der Waals surface area contributed by atoms with Gasteiger partial charge in [0.1, 0.15) is 0 Å². The number of hydrogen-bond donors (Lipinski definition) is 3. The smallest absolute Gasteiger partial charge is 0.275 e. The van der Waals surface area contributed by atoms with Gasteiger partial charge in [-0.1, -0.05) is 24.3 Å². The second-order valence-electron chi connectivity index (χ2n) is 4.80. The lowest BCUT2D eigenvalue weighted by Gasteiger charge is -2.17. The van der Waals surface area contributed by atoms with Gasteiger partial charge in [-0.3, -0.25) is 9.59 Å². The molecule has 6 nitrogen and oxygen atoms in total. The lowest BCUT2D eigenvalue weighted by atomic mass is 10.00. The second-order valence-corrected chi connectivity index (χ2v) is 4.80. The van der Waals surface area contributed by atoms with Crippen LogP contribution in [0.15, 0.2) is 46.7 Å². The fraction of sp³-hybridized carbons (Fsp3) is 0.133. The molecular weight excluding hydrogens is 268 g/mol. The molecule has 2 aliphatic rings. The van der Waals surface area contributed by atoms with E-state index >= 15 is 0 Å². The zero-order chi connectivity index (χ0) is 14.8. The Morgan fingerprint density at radius 3 is 2.86 bits per heavy atom. The van der Waals surface area contributed by atoms with Crippen molar-refractivity contribution in [2.45, 2.75) is 12.8 Å². The van der Waals surface area contributed by atoms with E-state index in [4.69, 9.17) is 5.73 Å². The largest absolute Gasteiger partial charge is 0.370 e. The van der Waals surface area contributed by atoms with Gasteiger partial charge in [0.25, 0.3) is 5.91 Å². The molecule has 0 spiro atoms. The van der Waals surface area contributed by atoms with Crippen LogP contribution in [0.3, 0.4) is 0 Å². The average Bonchev–Trinajstić information content (AvgIpc) is 2.85. The lowest BCUT2D eigenvalue weighted by molar-refractivity contribution is -0.118. The van der Waals surface area contributed by atoms with Crippen molar-refractivity contribution in [2.24, 2.45) is 10.8 Å². The number of anilines is 1. The standard InChI is InChI=1S/C15H14N4O2/c16-13(20)8-7-12-14(15(21)19-18-12)11-6-5-9-3-1-2-4-10(9)17-11/h1-6,17H,7-8H2,(H2,16,20)(H,19,21)/b14-11-. The summed E-state index contributed by atoms with van der Waals surface area (Å²) in [5.74, 6) is -0.695. The van der Waals surface area contributed by atoms with Gasteiger partial charge >= 0.3 is 0 Å². The molecule has 0 bridgehead atoms. The van der Waals surface area contributed by atoms with Crippen LogP contribution >= 0.6 is 0 Å². The van der Waals surface area contributed by atoms with Crippen molar-refractivity contribution in [3.8, 4) is 0 Å². The molecule has 1 aromatic rings. The van der Waals surface area contributed by atoms with Crippen molar-refractivity contribution >= 4 is 29.3 Å². The van der Waals surface area contributed by atoms with E-state index in [2.05, 4.69) is 15.8 Å². The number of rotatable bonds is 3. The maximum Gasteiger partial charge on any atom is 0.275 e. The van der Waals surface area contributed by atoms with E-state index < -0.39 is 5.91 Å². The van der Waals surface area contributed by atoms with Crippen molar-refractivity contribution in [2.75, 3.05) is 5.32 Å². The molecule has 0 fully saturated rings. The number of primary amides is 1. The van der Waals surface area contributed by atoms with Crippen molar-refractivity contribution < 1.29 is 9.59 Å². The summed E-state index contributed by atoms with van der Waals surface area (Å²) >= 11 is 0. The van der Waals surface area contributed by atoms with E-state index in [1.807, 2.05) is 36.4 Å². The summed E-state index contributed by atoms with van der Waals surface area (Å²) < 4.78 is 0. The normalized spacial score (nSPS) is 19.6. The van der Waals surface area contributed by atoms with Crippen LogP contribution in [0, 0.1) is 0 Å². The quantitative estimate of drug-likeness (QED) is 0.725. The third-order valence-corrected chi connectivity index (χ3v) is 3.35. The first-order valence-electron chi connectivity index (χ1n) is 6.59. The summed E-state index contributed by atoms with van der Waals surface area (Å²) in [5, 5.41) is 7.20. The molecule has 21 heavy (non-hydrogen) atoms. The van der Waals surface area contributed by atoms with Gasteiger partial charge in [-0.05, 0) is 17.7 Å². The number of benzene rings is 1. The molecule has 3 rings (SSSR count). The number of carbonyl (C=O) groups is 2. The van der Waals surface area contributed by atoms with Gasteiger partial charge < -0.3 is 11.1 Å². The first-order valence-corrected chi connectivity index (χ1v) is 6.59. The maximum atomic E-state index is 12.0. The van der Waals surface area contributed by atoms with Gasteiger partial charge in [0.15, 0.2) is 0 Å². The van der Waals surface area contributed by atoms with Gasteiger partial charge in [-0.15, -0.1) is 0 Å². The van der Waals surface area contributed by atoms with Crippen LogP contribution in [0.1, 0.15) is 18.4 Å². The summed E-state index contributed by atoms with van der Waals surface area (Å²) in [6, 6.07) is 7.79. The predicted octanol–water partition coefficient (Wildman–Crippen LogP) is 1.13. The highest BCUT2D eigenvalue weighted by atomic mass is 16.2. The Morgan fingerprint density at radius 2 is 2.05 bits per heavy atom. The molecular formula is C15H14N4O2. The number of hydrazone groups is 1. The summed E-state index contributed by atoms with van der Waals surface area (Å²) in [7, 11) is 0. The lowest BCUT2D eigenvalue weighted by Crippen LogP contribution is -2.20. The van der Waals surface area contributed by atoms with E-state index in [1.54, 1.807) is 0 Å². The highest BCUT2D eigenvalue weighted by molar-refractivity contribution is 6.26.